The molecule has 40 heavy (non-hydrogen) atoms. The number of anilines is 2. The lowest BCUT2D eigenvalue weighted by Crippen LogP contribution is -2.51. The molecule has 11 heteroatoms. The normalized spacial score (nSPS) is 23.9. The molecular weight excluding hydrogens is 549 g/mol. The minimum atomic E-state index is -0.342. The smallest absolute Gasteiger partial charge is 0.319 e. The predicted octanol–water partition coefficient (Wildman–Crippen LogP) is 5.23. The third kappa shape index (κ3) is 4.02. The SMILES string of the molecule is Nc1nc2c(-c3cc4nc(OCC56CCCN5CCC6)nc(N5CC6CCC(C5)N6)c4cc3Cl)ccc(F)c2s1. The molecule has 4 aliphatic heterocycles. The number of aromatic nitrogens is 3. The zero-order valence-electron chi connectivity index (χ0n) is 22.1. The summed E-state index contributed by atoms with van der Waals surface area (Å²) in [6.07, 6.45) is 7.09. The van der Waals surface area contributed by atoms with E-state index in [1.54, 1.807) is 6.07 Å². The number of benzene rings is 2. The highest BCUT2D eigenvalue weighted by Gasteiger charge is 2.45. The average Bonchev–Trinajstić information content (AvgIpc) is 3.70. The van der Waals surface area contributed by atoms with Crippen molar-refractivity contribution in [3.63, 3.8) is 0 Å². The second-order valence-electron chi connectivity index (χ2n) is 11.8. The summed E-state index contributed by atoms with van der Waals surface area (Å²) in [5.41, 5.74) is 8.78. The van der Waals surface area contributed by atoms with Crippen molar-refractivity contribution in [3.8, 4) is 17.1 Å². The molecule has 2 unspecified atom stereocenters. The molecule has 6 heterocycles. The summed E-state index contributed by atoms with van der Waals surface area (Å²) < 4.78 is 21.4. The van der Waals surface area contributed by atoms with Crippen LogP contribution in [0.15, 0.2) is 24.3 Å². The van der Waals surface area contributed by atoms with Crippen LogP contribution in [0.1, 0.15) is 38.5 Å². The van der Waals surface area contributed by atoms with Gasteiger partial charge in [-0.2, -0.15) is 9.97 Å². The summed E-state index contributed by atoms with van der Waals surface area (Å²) in [6.45, 7) is 4.66. The molecule has 8 rings (SSSR count). The summed E-state index contributed by atoms with van der Waals surface area (Å²) in [5, 5.41) is 5.45. The third-order valence-corrected chi connectivity index (χ3v) is 10.5. The summed E-state index contributed by atoms with van der Waals surface area (Å²) in [7, 11) is 0. The Balaban J connectivity index is 1.24. The van der Waals surface area contributed by atoms with E-state index in [2.05, 4.69) is 20.1 Å². The highest BCUT2D eigenvalue weighted by Crippen LogP contribution is 2.42. The van der Waals surface area contributed by atoms with E-state index in [1.165, 1.54) is 31.7 Å². The molecule has 4 aromatic rings. The lowest BCUT2D eigenvalue weighted by atomic mass is 9.95. The number of halogens is 2. The first-order chi connectivity index (χ1) is 19.5. The van der Waals surface area contributed by atoms with Crippen LogP contribution in [0.2, 0.25) is 5.02 Å². The molecule has 0 radical (unpaired) electrons. The summed E-state index contributed by atoms with van der Waals surface area (Å²) in [6, 6.07) is 8.37. The predicted molar refractivity (Wildman–Crippen MR) is 158 cm³/mol. The van der Waals surface area contributed by atoms with E-state index < -0.39 is 0 Å². The molecule has 0 amide bonds. The van der Waals surface area contributed by atoms with Crippen LogP contribution in [0.5, 0.6) is 6.01 Å². The molecule has 0 saturated carbocycles. The van der Waals surface area contributed by atoms with Gasteiger partial charge in [-0.3, -0.25) is 4.90 Å². The summed E-state index contributed by atoms with van der Waals surface area (Å²) in [4.78, 5) is 19.3. The molecular formula is C29H31ClFN7OS. The van der Waals surface area contributed by atoms with Crippen LogP contribution in [0.3, 0.4) is 0 Å². The maximum atomic E-state index is 14.6. The number of nitrogen functional groups attached to an aromatic ring is 1. The van der Waals surface area contributed by atoms with Gasteiger partial charge in [-0.25, -0.2) is 9.37 Å². The molecule has 3 N–H and O–H groups in total. The van der Waals surface area contributed by atoms with Crippen molar-refractivity contribution in [3.05, 3.63) is 35.1 Å². The van der Waals surface area contributed by atoms with Gasteiger partial charge in [0, 0.05) is 46.7 Å². The average molecular weight is 580 g/mol. The van der Waals surface area contributed by atoms with Crippen LogP contribution >= 0.6 is 22.9 Å². The molecule has 0 spiro atoms. The van der Waals surface area contributed by atoms with Crippen molar-refractivity contribution in [1.82, 2.24) is 25.2 Å². The largest absolute Gasteiger partial charge is 0.461 e. The number of nitrogens with zero attached hydrogens (tertiary/aromatic N) is 5. The summed E-state index contributed by atoms with van der Waals surface area (Å²) in [5.74, 6) is 0.520. The number of rotatable bonds is 5. The van der Waals surface area contributed by atoms with Gasteiger partial charge in [0.1, 0.15) is 18.2 Å². The zero-order valence-corrected chi connectivity index (χ0v) is 23.7. The fraction of sp³-hybridized carbons (Fsp3) is 0.483. The van der Waals surface area contributed by atoms with Crippen molar-refractivity contribution < 1.29 is 9.13 Å². The van der Waals surface area contributed by atoms with Crippen LogP contribution < -0.4 is 20.7 Å². The molecule has 2 atom stereocenters. The zero-order chi connectivity index (χ0) is 27.0. The number of nitrogens with two attached hydrogens (primary N) is 1. The number of hydrogen-bond donors (Lipinski definition) is 2. The maximum absolute atomic E-state index is 14.6. The number of hydrogen-bond acceptors (Lipinski definition) is 9. The van der Waals surface area contributed by atoms with E-state index in [9.17, 15) is 4.39 Å². The Morgan fingerprint density at radius 2 is 1.85 bits per heavy atom. The van der Waals surface area contributed by atoms with Crippen molar-refractivity contribution in [2.24, 2.45) is 0 Å². The first-order valence-corrected chi connectivity index (χ1v) is 15.4. The fourth-order valence-corrected chi connectivity index (χ4v) is 8.49. The van der Waals surface area contributed by atoms with Gasteiger partial charge < -0.3 is 20.7 Å². The number of nitrogens with one attached hydrogen (secondary N) is 1. The van der Waals surface area contributed by atoms with Crippen LogP contribution in [0.25, 0.3) is 32.2 Å². The Kier molecular flexibility index (Phi) is 5.85. The van der Waals surface area contributed by atoms with Crippen LogP contribution in [-0.4, -0.2) is 70.3 Å². The molecule has 8 nitrogen and oxygen atoms in total. The molecule has 2 aromatic carbocycles. The third-order valence-electron chi connectivity index (χ3n) is 9.34. The first-order valence-electron chi connectivity index (χ1n) is 14.2. The van der Waals surface area contributed by atoms with Crippen molar-refractivity contribution in [2.45, 2.75) is 56.1 Å². The number of thiazole rings is 1. The van der Waals surface area contributed by atoms with E-state index in [0.29, 0.717) is 45.1 Å². The Hall–Kier alpha value is -2.79. The van der Waals surface area contributed by atoms with Crippen molar-refractivity contribution in [2.75, 3.05) is 43.4 Å². The van der Waals surface area contributed by atoms with Gasteiger partial charge in [0.25, 0.3) is 0 Å². The molecule has 4 saturated heterocycles. The van der Waals surface area contributed by atoms with E-state index >= 15 is 0 Å². The number of piperazine rings is 1. The molecule has 2 aromatic heterocycles. The highest BCUT2D eigenvalue weighted by molar-refractivity contribution is 7.22. The topological polar surface area (TPSA) is 92.4 Å². The van der Waals surface area contributed by atoms with E-state index in [1.807, 2.05) is 12.1 Å². The Bertz CT molecular complexity index is 1620. The Morgan fingerprint density at radius 3 is 2.62 bits per heavy atom. The monoisotopic (exact) mass is 579 g/mol. The first kappa shape index (κ1) is 25.0. The van der Waals surface area contributed by atoms with Gasteiger partial charge in [0.05, 0.1) is 21.3 Å². The van der Waals surface area contributed by atoms with Gasteiger partial charge in [0.15, 0.2) is 5.13 Å². The quantitative estimate of drug-likeness (QED) is 0.332. The van der Waals surface area contributed by atoms with Crippen LogP contribution in [-0.2, 0) is 0 Å². The van der Waals surface area contributed by atoms with Gasteiger partial charge in [-0.05, 0) is 75.9 Å². The van der Waals surface area contributed by atoms with Gasteiger partial charge in [-0.1, -0.05) is 22.9 Å². The van der Waals surface area contributed by atoms with Crippen LogP contribution in [0.4, 0.5) is 15.3 Å². The number of fused-ring (bicyclic) bond motifs is 5. The van der Waals surface area contributed by atoms with Gasteiger partial charge >= 0.3 is 6.01 Å². The van der Waals surface area contributed by atoms with E-state index in [-0.39, 0.29) is 11.4 Å². The molecule has 4 aliphatic rings. The Morgan fingerprint density at radius 1 is 1.07 bits per heavy atom. The Labute approximate surface area is 240 Å². The standard InChI is InChI=1S/C29H31ClFN7OS/c30-21-11-20-23(12-19(21)18-5-6-22(31)25-24(18)35-27(32)40-25)34-28(39-15-29-7-1-9-38(29)10-2-8-29)36-26(20)37-13-16-3-4-17(14-37)33-16/h5-6,11-12,16-17,33H,1-4,7-10,13-15H2,(H2,32,35). The minimum absolute atomic E-state index is 0.0993. The lowest BCUT2D eigenvalue weighted by Gasteiger charge is -2.34. The van der Waals surface area contributed by atoms with E-state index in [0.717, 1.165) is 78.2 Å². The van der Waals surface area contributed by atoms with Gasteiger partial charge in [0.2, 0.25) is 0 Å². The molecule has 0 aliphatic carbocycles. The van der Waals surface area contributed by atoms with Crippen molar-refractivity contribution >= 4 is 55.0 Å². The second-order valence-corrected chi connectivity index (χ2v) is 13.2. The van der Waals surface area contributed by atoms with E-state index in [4.69, 9.17) is 32.0 Å². The minimum Gasteiger partial charge on any atom is -0.461 e. The molecule has 208 valence electrons. The van der Waals surface area contributed by atoms with Gasteiger partial charge in [-0.15, -0.1) is 0 Å². The highest BCUT2D eigenvalue weighted by atomic mass is 35.5. The van der Waals surface area contributed by atoms with Crippen molar-refractivity contribution in [1.29, 1.82) is 0 Å². The van der Waals surface area contributed by atoms with Crippen LogP contribution in [0, 0.1) is 5.82 Å². The molecule has 2 bridgehead atoms. The summed E-state index contributed by atoms with van der Waals surface area (Å²) >= 11 is 8.08. The fourth-order valence-electron chi connectivity index (χ4n) is 7.46. The maximum Gasteiger partial charge on any atom is 0.319 e. The second kappa shape index (κ2) is 9.37. The number of ether oxygens (including phenoxy) is 1. The molecule has 4 fully saturated rings. The lowest BCUT2D eigenvalue weighted by molar-refractivity contribution is 0.108.